The summed E-state index contributed by atoms with van der Waals surface area (Å²) in [7, 11) is 1.70. The van der Waals surface area contributed by atoms with E-state index in [4.69, 9.17) is 0 Å². The minimum atomic E-state index is -1.98. The van der Waals surface area contributed by atoms with Crippen LogP contribution in [0.15, 0.2) is 42.5 Å². The molecule has 31 heteroatoms. The summed E-state index contributed by atoms with van der Waals surface area (Å²) in [6.07, 6.45) is -13.9. The maximum Gasteiger partial charge on any atom is 0.254 e. The molecule has 0 aliphatic carbocycles. The molecule has 3 heterocycles. The topological polar surface area (TPSA) is 442 Å². The van der Waals surface area contributed by atoms with E-state index in [2.05, 4.69) is 77.3 Å². The van der Waals surface area contributed by atoms with Gasteiger partial charge < -0.3 is 112 Å². The SMILES string of the molecule is CC[C@@H]1Nc2ccc(C(=O)N(C)Cc3nc4ccccc4[nH]3)cc2CN(CCCCCCNC(=O)[C@H](CCC(=O)NC[C@H](O)[C@@H](O)[C@H](O)[C@H](O)CO)NC(=O)[C@H](CCC(=O)NC[C@@H](O)[C@H](O)[C@@H](O)[C@@H](O)CO)NC(=O)CN2CCN(CC)CCN(CC)CCN(CC)CC2)C1=O. The number of rotatable bonds is 38. The monoisotopic (exact) mass is 1360 g/mol. The van der Waals surface area contributed by atoms with Crippen LogP contribution in [0.25, 0.3) is 11.0 Å². The molecule has 540 valence electrons. The second-order valence-electron chi connectivity index (χ2n) is 24.8. The number of carbonyl (C=O) groups excluding carboxylic acids is 7. The number of benzene rings is 2. The average Bonchev–Trinajstić information content (AvgIpc) is 1.64. The van der Waals surface area contributed by atoms with Gasteiger partial charge >= 0.3 is 0 Å². The summed E-state index contributed by atoms with van der Waals surface area (Å²) in [5, 5.41) is 116. The van der Waals surface area contributed by atoms with E-state index in [-0.39, 0.29) is 50.8 Å². The van der Waals surface area contributed by atoms with Crippen molar-refractivity contribution in [1.29, 1.82) is 0 Å². The molecule has 2 aliphatic heterocycles. The van der Waals surface area contributed by atoms with Gasteiger partial charge in [0.05, 0.1) is 49.5 Å². The Balaban J connectivity index is 1.27. The first-order valence-electron chi connectivity index (χ1n) is 33.8. The Bertz CT molecular complexity index is 2840. The number of nitrogens with zero attached hydrogens (tertiary/aromatic N) is 7. The second-order valence-corrected chi connectivity index (χ2v) is 24.8. The second kappa shape index (κ2) is 41.6. The van der Waals surface area contributed by atoms with Crippen molar-refractivity contribution in [1.82, 2.24) is 66.0 Å². The van der Waals surface area contributed by atoms with Gasteiger partial charge in [-0.3, -0.25) is 38.5 Å². The normalized spacial score (nSPS) is 18.9. The Morgan fingerprint density at radius 2 is 1.12 bits per heavy atom. The Morgan fingerprint density at radius 1 is 0.615 bits per heavy atom. The Kier molecular flexibility index (Phi) is 34.7. The van der Waals surface area contributed by atoms with E-state index >= 15 is 0 Å². The van der Waals surface area contributed by atoms with E-state index in [0.29, 0.717) is 76.2 Å². The minimum absolute atomic E-state index is 0.0846. The van der Waals surface area contributed by atoms with Crippen molar-refractivity contribution in [2.45, 2.75) is 166 Å². The van der Waals surface area contributed by atoms with Crippen LogP contribution in [0.4, 0.5) is 5.69 Å². The van der Waals surface area contributed by atoms with Crippen LogP contribution in [-0.4, -0.2) is 324 Å². The van der Waals surface area contributed by atoms with Gasteiger partial charge in [0, 0.05) is 116 Å². The smallest absolute Gasteiger partial charge is 0.254 e. The summed E-state index contributed by atoms with van der Waals surface area (Å²) < 4.78 is 0. The summed E-state index contributed by atoms with van der Waals surface area (Å²) in [6.45, 7) is 14.1. The molecule has 0 unspecified atom stereocenters. The standard InChI is InChI=1S/C65H108N14O17/c1-6-44-65(96)79(37-43-34-42(18-19-45(43)69-44)64(95)74(5)38-54-70-46-16-12-13-17-47(46)71-54)25-15-11-10-14-24-66-62(93)48(20-22-55(86)67-35-50(82)58(89)60(91)52(84)40-80)73-63(94)49(21-23-56(87)68-36-51(83)59(90)61(92)53(85)41-81)72-57(88)39-78-32-30-76(8-3)28-26-75(7-2)27-29-77(9-4)31-33-78/h12-13,16-19,34,44,48-53,58-61,69,80-85,89-92H,6-11,14-15,20-33,35-41H2,1-5H3,(H,66,93)(H,67,86)(H,68,87)(H,70,71)(H,72,88)(H,73,94)/t44-,48-,49-,50-,51+,52+,53-,58+,59-,60+,61-/m0/s1. The first kappa shape index (κ1) is 80.1. The number of aromatic nitrogens is 2. The molecular weight excluding hydrogens is 1250 g/mol. The number of unbranched alkanes of at least 4 members (excludes halogenated alkanes) is 3. The lowest BCUT2D eigenvalue weighted by atomic mass is 10.0. The van der Waals surface area contributed by atoms with Gasteiger partial charge in [-0.15, -0.1) is 0 Å². The molecular formula is C65H108N14O17. The minimum Gasteiger partial charge on any atom is -0.394 e. The number of amides is 7. The van der Waals surface area contributed by atoms with Crippen molar-refractivity contribution >= 4 is 58.1 Å². The van der Waals surface area contributed by atoms with Gasteiger partial charge in [-0.05, 0) is 87.6 Å². The number of carbonyl (C=O) groups is 7. The zero-order valence-electron chi connectivity index (χ0n) is 56.4. The molecule has 1 aromatic heterocycles. The van der Waals surface area contributed by atoms with Crippen LogP contribution in [0.1, 0.15) is 107 Å². The number of fused-ring (bicyclic) bond motifs is 2. The van der Waals surface area contributed by atoms with E-state index in [0.717, 1.165) is 68.1 Å². The molecule has 2 aromatic carbocycles. The fourth-order valence-corrected chi connectivity index (χ4v) is 11.4. The number of nitrogens with one attached hydrogen (secondary N) is 7. The Labute approximate surface area is 561 Å². The molecule has 1 saturated heterocycles. The fraction of sp³-hybridized carbons (Fsp3) is 0.692. The van der Waals surface area contributed by atoms with Crippen LogP contribution >= 0.6 is 0 Å². The lowest BCUT2D eigenvalue weighted by Crippen LogP contribution is -2.55. The van der Waals surface area contributed by atoms with Crippen LogP contribution in [0.2, 0.25) is 0 Å². The summed E-state index contributed by atoms with van der Waals surface area (Å²) in [6, 6.07) is 9.56. The lowest BCUT2D eigenvalue weighted by Gasteiger charge is -2.33. The predicted molar refractivity (Wildman–Crippen MR) is 356 cm³/mol. The molecule has 3 aromatic rings. The maximum atomic E-state index is 14.6. The number of aromatic amines is 1. The van der Waals surface area contributed by atoms with E-state index in [9.17, 15) is 84.6 Å². The zero-order valence-corrected chi connectivity index (χ0v) is 56.4. The zero-order chi connectivity index (χ0) is 70.4. The quantitative estimate of drug-likeness (QED) is 0.0243. The molecule has 2 aliphatic rings. The maximum absolute atomic E-state index is 14.6. The number of H-pyrrole nitrogens is 1. The number of hydrogen-bond donors (Lipinski definition) is 17. The molecule has 0 saturated carbocycles. The molecule has 7 amide bonds. The number of likely N-dealkylation sites (N-methyl/N-ethyl adjacent to an activating group) is 3. The van der Waals surface area contributed by atoms with E-state index in [1.807, 2.05) is 48.2 Å². The third kappa shape index (κ3) is 25.7. The largest absolute Gasteiger partial charge is 0.394 e. The van der Waals surface area contributed by atoms with Gasteiger partial charge in [0.1, 0.15) is 60.6 Å². The van der Waals surface area contributed by atoms with Crippen molar-refractivity contribution in [2.24, 2.45) is 0 Å². The van der Waals surface area contributed by atoms with Crippen molar-refractivity contribution in [3.05, 3.63) is 59.4 Å². The van der Waals surface area contributed by atoms with Crippen molar-refractivity contribution in [3.8, 4) is 0 Å². The van der Waals surface area contributed by atoms with Crippen LogP contribution in [0.5, 0.6) is 0 Å². The average molecular weight is 1360 g/mol. The molecule has 0 bridgehead atoms. The molecule has 0 spiro atoms. The summed E-state index contributed by atoms with van der Waals surface area (Å²) in [5.74, 6) is -3.40. The third-order valence-corrected chi connectivity index (χ3v) is 17.8. The first-order valence-corrected chi connectivity index (χ1v) is 33.8. The van der Waals surface area contributed by atoms with Gasteiger partial charge in [-0.1, -0.05) is 52.7 Å². The lowest BCUT2D eigenvalue weighted by molar-refractivity contribution is -0.133. The van der Waals surface area contributed by atoms with Crippen molar-refractivity contribution in [3.63, 3.8) is 0 Å². The molecule has 11 atom stereocenters. The number of para-hydroxylation sites is 2. The number of aliphatic hydroxyl groups is 10. The highest BCUT2D eigenvalue weighted by Crippen LogP contribution is 2.27. The highest BCUT2D eigenvalue weighted by Gasteiger charge is 2.34. The van der Waals surface area contributed by atoms with Crippen LogP contribution in [0.3, 0.4) is 0 Å². The van der Waals surface area contributed by atoms with Gasteiger partial charge in [0.25, 0.3) is 5.91 Å². The van der Waals surface area contributed by atoms with Crippen LogP contribution in [0, 0.1) is 0 Å². The fourth-order valence-electron chi connectivity index (χ4n) is 11.4. The number of hydrogen-bond acceptors (Lipinski definition) is 23. The van der Waals surface area contributed by atoms with Crippen molar-refractivity contribution < 1.29 is 84.6 Å². The summed E-state index contributed by atoms with van der Waals surface area (Å²) in [5.41, 5.74) is 3.66. The molecule has 31 nitrogen and oxygen atoms in total. The van der Waals surface area contributed by atoms with Gasteiger partial charge in [-0.2, -0.15) is 0 Å². The van der Waals surface area contributed by atoms with E-state index in [1.54, 1.807) is 22.9 Å². The van der Waals surface area contributed by atoms with Crippen molar-refractivity contribution in [2.75, 3.05) is 130 Å². The van der Waals surface area contributed by atoms with Crippen LogP contribution < -0.4 is 31.9 Å². The number of aliphatic hydroxyl groups excluding tert-OH is 10. The number of anilines is 1. The van der Waals surface area contributed by atoms with E-state index < -0.39 is 136 Å². The van der Waals surface area contributed by atoms with Gasteiger partial charge in [-0.25, -0.2) is 4.98 Å². The first-order chi connectivity index (χ1) is 45.9. The number of imidazole rings is 1. The Hall–Kier alpha value is -6.56. The predicted octanol–water partition coefficient (Wildman–Crippen LogP) is -4.04. The highest BCUT2D eigenvalue weighted by molar-refractivity contribution is 5.96. The molecule has 1 fully saturated rings. The third-order valence-electron chi connectivity index (χ3n) is 17.8. The van der Waals surface area contributed by atoms with Crippen LogP contribution in [-0.2, 0) is 41.9 Å². The molecule has 17 N–H and O–H groups in total. The van der Waals surface area contributed by atoms with E-state index in [1.165, 1.54) is 0 Å². The summed E-state index contributed by atoms with van der Waals surface area (Å²) >= 11 is 0. The summed E-state index contributed by atoms with van der Waals surface area (Å²) in [4.78, 5) is 117. The highest BCUT2D eigenvalue weighted by atomic mass is 16.4. The molecule has 0 radical (unpaired) electrons. The van der Waals surface area contributed by atoms with Gasteiger partial charge in [0.15, 0.2) is 0 Å². The molecule has 96 heavy (non-hydrogen) atoms. The van der Waals surface area contributed by atoms with Gasteiger partial charge in [0.2, 0.25) is 35.4 Å². The Morgan fingerprint density at radius 3 is 1.65 bits per heavy atom. The molecule has 5 rings (SSSR count).